The van der Waals surface area contributed by atoms with Crippen molar-refractivity contribution in [3.63, 3.8) is 0 Å². The molecule has 18 heavy (non-hydrogen) atoms. The van der Waals surface area contributed by atoms with E-state index >= 15 is 0 Å². The van der Waals surface area contributed by atoms with Gasteiger partial charge in [0.05, 0.1) is 23.2 Å². The van der Waals surface area contributed by atoms with Gasteiger partial charge < -0.3 is 15.4 Å². The summed E-state index contributed by atoms with van der Waals surface area (Å²) < 4.78 is 5.61. The number of anilines is 1. The van der Waals surface area contributed by atoms with Crippen molar-refractivity contribution in [2.75, 3.05) is 25.1 Å². The number of pyridine rings is 1. The van der Waals surface area contributed by atoms with Crippen LogP contribution >= 0.6 is 0 Å². The molecule has 100 valence electrons. The number of hydrogen-bond donors (Lipinski definition) is 1. The Bertz CT molecular complexity index is 391. The van der Waals surface area contributed by atoms with Crippen LogP contribution in [-0.2, 0) is 4.74 Å². The molecule has 4 nitrogen and oxygen atoms in total. The lowest BCUT2D eigenvalue weighted by molar-refractivity contribution is -0.00466. The van der Waals surface area contributed by atoms with E-state index in [1.807, 2.05) is 19.2 Å². The number of aromatic nitrogens is 1. The fourth-order valence-electron chi connectivity index (χ4n) is 2.45. The van der Waals surface area contributed by atoms with Crippen LogP contribution in [0.2, 0.25) is 0 Å². The molecule has 0 spiro atoms. The first-order chi connectivity index (χ1) is 8.54. The molecule has 2 rings (SSSR count). The molecule has 1 fully saturated rings. The lowest BCUT2D eigenvalue weighted by Crippen LogP contribution is -2.47. The highest BCUT2D eigenvalue weighted by molar-refractivity contribution is 5.45. The van der Waals surface area contributed by atoms with E-state index in [9.17, 15) is 0 Å². The van der Waals surface area contributed by atoms with Crippen LogP contribution in [-0.4, -0.2) is 30.8 Å². The summed E-state index contributed by atoms with van der Waals surface area (Å²) in [5.41, 5.74) is 7.86. The van der Waals surface area contributed by atoms with Gasteiger partial charge in [0.1, 0.15) is 0 Å². The first-order valence-corrected chi connectivity index (χ1v) is 6.56. The predicted octanol–water partition coefficient (Wildman–Crippen LogP) is 2.11. The summed E-state index contributed by atoms with van der Waals surface area (Å²) in [7, 11) is 1.79. The van der Waals surface area contributed by atoms with Crippen molar-refractivity contribution in [2.45, 2.75) is 38.3 Å². The van der Waals surface area contributed by atoms with E-state index < -0.39 is 0 Å². The summed E-state index contributed by atoms with van der Waals surface area (Å²) in [5.74, 6) is 0. The topological polar surface area (TPSA) is 51.4 Å². The minimum Gasteiger partial charge on any atom is -0.377 e. The van der Waals surface area contributed by atoms with Crippen LogP contribution in [0.1, 0.15) is 38.4 Å². The first-order valence-electron chi connectivity index (χ1n) is 6.56. The Kier molecular flexibility index (Phi) is 3.88. The van der Waals surface area contributed by atoms with Crippen LogP contribution in [0.5, 0.6) is 0 Å². The third kappa shape index (κ3) is 2.82. The Morgan fingerprint density at radius 2 is 2.28 bits per heavy atom. The Morgan fingerprint density at radius 3 is 2.83 bits per heavy atom. The normalized spacial score (nSPS) is 26.1. The highest BCUT2D eigenvalue weighted by atomic mass is 16.5. The smallest absolute Gasteiger partial charge is 0.0825 e. The van der Waals surface area contributed by atoms with E-state index in [0.29, 0.717) is 0 Å². The quantitative estimate of drug-likeness (QED) is 0.891. The molecule has 1 aliphatic heterocycles. The van der Waals surface area contributed by atoms with Gasteiger partial charge in [0.25, 0.3) is 0 Å². The highest BCUT2D eigenvalue weighted by Crippen LogP contribution is 2.27. The highest BCUT2D eigenvalue weighted by Gasteiger charge is 2.30. The van der Waals surface area contributed by atoms with Gasteiger partial charge in [0.15, 0.2) is 0 Å². The molecule has 1 saturated heterocycles. The zero-order valence-electron chi connectivity index (χ0n) is 11.5. The molecule has 4 heteroatoms. The maximum atomic E-state index is 5.81. The Labute approximate surface area is 109 Å². The van der Waals surface area contributed by atoms with Gasteiger partial charge in [-0.15, -0.1) is 0 Å². The Morgan fingerprint density at radius 1 is 1.50 bits per heavy atom. The van der Waals surface area contributed by atoms with Crippen molar-refractivity contribution >= 4 is 5.69 Å². The van der Waals surface area contributed by atoms with Gasteiger partial charge in [0, 0.05) is 26.2 Å². The molecule has 2 atom stereocenters. The molecule has 1 aromatic rings. The molecule has 0 saturated carbocycles. The van der Waals surface area contributed by atoms with E-state index in [-0.39, 0.29) is 11.6 Å². The average Bonchev–Trinajstić information content (AvgIpc) is 2.39. The minimum absolute atomic E-state index is 0.00959. The van der Waals surface area contributed by atoms with Gasteiger partial charge in [0.2, 0.25) is 0 Å². The number of methoxy groups -OCH3 is 1. The van der Waals surface area contributed by atoms with E-state index in [0.717, 1.165) is 37.3 Å². The third-order valence-corrected chi connectivity index (χ3v) is 3.75. The molecule has 1 aliphatic rings. The monoisotopic (exact) mass is 249 g/mol. The molecule has 0 aliphatic carbocycles. The lowest BCUT2D eigenvalue weighted by atomic mass is 9.94. The van der Waals surface area contributed by atoms with Crippen LogP contribution in [0.25, 0.3) is 0 Å². The Hall–Kier alpha value is -1.13. The van der Waals surface area contributed by atoms with Crippen LogP contribution < -0.4 is 10.6 Å². The maximum absolute atomic E-state index is 5.81. The van der Waals surface area contributed by atoms with Crippen molar-refractivity contribution in [3.05, 3.63) is 24.0 Å². The lowest BCUT2D eigenvalue weighted by Gasteiger charge is -2.40. The minimum atomic E-state index is -0.0436. The molecule has 2 N–H and O–H groups in total. The van der Waals surface area contributed by atoms with Gasteiger partial charge in [-0.25, -0.2) is 0 Å². The molecule has 1 unspecified atom stereocenters. The molecule has 0 aromatic carbocycles. The fourth-order valence-corrected chi connectivity index (χ4v) is 2.45. The van der Waals surface area contributed by atoms with Crippen molar-refractivity contribution in [3.8, 4) is 0 Å². The average molecular weight is 249 g/mol. The van der Waals surface area contributed by atoms with E-state index in [2.05, 4.69) is 22.9 Å². The molecular weight excluding hydrogens is 226 g/mol. The molecule has 0 bridgehead atoms. The molecule has 0 radical (unpaired) electrons. The largest absolute Gasteiger partial charge is 0.377 e. The second kappa shape index (κ2) is 5.24. The van der Waals surface area contributed by atoms with Crippen LogP contribution in [0.15, 0.2) is 18.3 Å². The molecule has 1 aromatic heterocycles. The number of nitrogens with zero attached hydrogens (tertiary/aromatic N) is 2. The maximum Gasteiger partial charge on any atom is 0.0825 e. The van der Waals surface area contributed by atoms with Crippen molar-refractivity contribution in [2.24, 2.45) is 5.73 Å². The summed E-state index contributed by atoms with van der Waals surface area (Å²) in [6.45, 7) is 6.11. The summed E-state index contributed by atoms with van der Waals surface area (Å²) in [4.78, 5) is 6.76. The molecule has 2 heterocycles. The van der Waals surface area contributed by atoms with Crippen molar-refractivity contribution in [1.29, 1.82) is 0 Å². The van der Waals surface area contributed by atoms with Crippen LogP contribution in [0, 0.1) is 0 Å². The Balaban J connectivity index is 2.11. The standard InChI is InChI=1S/C14H23N3O/c1-11(15)13-6-5-12(9-16-13)17-8-4-7-14(2,10-17)18-3/h5-6,9,11H,4,7-8,10,15H2,1-3H3/t11-,14?/m1/s1. The number of ether oxygens (including phenoxy) is 1. The number of nitrogens with two attached hydrogens (primary N) is 1. The van der Waals surface area contributed by atoms with Gasteiger partial charge >= 0.3 is 0 Å². The van der Waals surface area contributed by atoms with Gasteiger partial charge in [-0.2, -0.15) is 0 Å². The van der Waals surface area contributed by atoms with Gasteiger partial charge in [-0.3, -0.25) is 4.98 Å². The zero-order chi connectivity index (χ0) is 13.2. The van der Waals surface area contributed by atoms with E-state index in [1.165, 1.54) is 0 Å². The fraction of sp³-hybridized carbons (Fsp3) is 0.643. The van der Waals surface area contributed by atoms with Crippen molar-refractivity contribution in [1.82, 2.24) is 4.98 Å². The molecule has 0 amide bonds. The molecular formula is C14H23N3O. The van der Waals surface area contributed by atoms with Gasteiger partial charge in [-0.05, 0) is 38.8 Å². The predicted molar refractivity (Wildman–Crippen MR) is 73.7 cm³/mol. The zero-order valence-corrected chi connectivity index (χ0v) is 11.5. The van der Waals surface area contributed by atoms with E-state index in [4.69, 9.17) is 10.5 Å². The number of rotatable bonds is 3. The number of piperidine rings is 1. The van der Waals surface area contributed by atoms with Crippen LogP contribution in [0.4, 0.5) is 5.69 Å². The first kappa shape index (κ1) is 13.3. The number of hydrogen-bond acceptors (Lipinski definition) is 4. The second-order valence-electron chi connectivity index (χ2n) is 5.41. The SMILES string of the molecule is COC1(C)CCCN(c2ccc([C@@H](C)N)nc2)C1. The summed E-state index contributed by atoms with van der Waals surface area (Å²) in [6.07, 6.45) is 4.19. The van der Waals surface area contributed by atoms with E-state index in [1.54, 1.807) is 7.11 Å². The second-order valence-corrected chi connectivity index (χ2v) is 5.41. The third-order valence-electron chi connectivity index (χ3n) is 3.75. The summed E-state index contributed by atoms with van der Waals surface area (Å²) in [5, 5.41) is 0. The summed E-state index contributed by atoms with van der Waals surface area (Å²) >= 11 is 0. The summed E-state index contributed by atoms with van der Waals surface area (Å²) in [6, 6.07) is 4.11. The van der Waals surface area contributed by atoms with Crippen LogP contribution in [0.3, 0.4) is 0 Å². The van der Waals surface area contributed by atoms with Gasteiger partial charge in [-0.1, -0.05) is 0 Å². The van der Waals surface area contributed by atoms with Crippen molar-refractivity contribution < 1.29 is 4.74 Å².